The summed E-state index contributed by atoms with van der Waals surface area (Å²) in [6.45, 7) is 3.55. The number of fused-ring (bicyclic) bond motifs is 1. The fraction of sp³-hybridized carbons (Fsp3) is 0.625. The van der Waals surface area contributed by atoms with Gasteiger partial charge in [-0.1, -0.05) is 0 Å². The number of hydrogen-bond acceptors (Lipinski definition) is 6. The van der Waals surface area contributed by atoms with Crippen LogP contribution in [0.1, 0.15) is 26.7 Å². The van der Waals surface area contributed by atoms with E-state index in [1.54, 1.807) is 18.7 Å². The topological polar surface area (TPSA) is 148 Å². The van der Waals surface area contributed by atoms with E-state index in [1.165, 1.54) is 16.7 Å². The molecule has 2 saturated heterocycles. The molecule has 0 aromatic rings. The summed E-state index contributed by atoms with van der Waals surface area (Å²) >= 11 is 1.28. The number of carboxylic acid groups (broad SMARTS) is 1. The van der Waals surface area contributed by atoms with E-state index in [9.17, 15) is 24.6 Å². The number of amidine groups is 1. The van der Waals surface area contributed by atoms with Crippen LogP contribution in [-0.4, -0.2) is 73.6 Å². The van der Waals surface area contributed by atoms with Gasteiger partial charge < -0.3 is 25.7 Å². The van der Waals surface area contributed by atoms with Crippen LogP contribution >= 0.6 is 11.8 Å². The number of nitrogens with one attached hydrogen (secondary N) is 1. The number of hydrogen-bond donors (Lipinski definition) is 4. The molecule has 26 heavy (non-hydrogen) atoms. The number of β-lactam (4-membered cyclic amide) rings is 1. The number of aliphatic carboxylic acids is 1. The summed E-state index contributed by atoms with van der Waals surface area (Å²) in [5, 5.41) is 27.5. The maximum Gasteiger partial charge on any atom is 0.353 e. The Morgan fingerprint density at radius 3 is 2.50 bits per heavy atom. The van der Waals surface area contributed by atoms with Gasteiger partial charge in [-0.2, -0.15) is 0 Å². The van der Waals surface area contributed by atoms with E-state index in [-0.39, 0.29) is 35.2 Å². The van der Waals surface area contributed by atoms with Crippen LogP contribution in [0.15, 0.2) is 10.6 Å². The second-order valence-electron chi connectivity index (χ2n) is 6.95. The molecule has 3 aliphatic heterocycles. The molecule has 0 aliphatic carbocycles. The van der Waals surface area contributed by atoms with E-state index in [2.05, 4.69) is 0 Å². The fourth-order valence-corrected chi connectivity index (χ4v) is 5.74. The van der Waals surface area contributed by atoms with Gasteiger partial charge in [-0.15, -0.1) is 11.8 Å². The minimum Gasteiger partial charge on any atom is -0.477 e. The first-order valence-electron chi connectivity index (χ1n) is 8.38. The number of nitrogens with zero attached hydrogens (tertiary/aromatic N) is 2. The average molecular weight is 382 g/mol. The van der Waals surface area contributed by atoms with Crippen molar-refractivity contribution in [2.75, 3.05) is 6.54 Å². The van der Waals surface area contributed by atoms with Crippen LogP contribution in [0.2, 0.25) is 0 Å². The molecule has 4 unspecified atom stereocenters. The summed E-state index contributed by atoms with van der Waals surface area (Å²) in [6, 6.07) is -0.936. The predicted molar refractivity (Wildman–Crippen MR) is 94.2 cm³/mol. The molecule has 0 aromatic heterocycles. The lowest BCUT2D eigenvalue weighted by molar-refractivity contribution is -0.149. The molecule has 142 valence electrons. The first-order valence-corrected chi connectivity index (χ1v) is 9.26. The molecule has 0 aromatic carbocycles. The highest BCUT2D eigenvalue weighted by Crippen LogP contribution is 2.50. The Morgan fingerprint density at radius 2 is 2.08 bits per heavy atom. The number of thioether (sulfide) groups is 1. The number of carboxylic acids is 1. The molecule has 0 saturated carbocycles. The Bertz CT molecular complexity index is 699. The zero-order chi connectivity index (χ0) is 19.3. The van der Waals surface area contributed by atoms with Gasteiger partial charge in [0.2, 0.25) is 11.8 Å². The summed E-state index contributed by atoms with van der Waals surface area (Å²) in [7, 11) is 0. The van der Waals surface area contributed by atoms with Crippen LogP contribution in [0.4, 0.5) is 0 Å². The normalized spacial score (nSPS) is 31.7. The number of aliphatic hydroxyl groups excluding tert-OH is 1. The molecular formula is C16H22N4O5S. The lowest BCUT2D eigenvalue weighted by Crippen LogP contribution is -2.53. The highest BCUT2D eigenvalue weighted by Gasteiger charge is 2.55. The van der Waals surface area contributed by atoms with E-state index in [0.29, 0.717) is 17.9 Å². The van der Waals surface area contributed by atoms with Gasteiger partial charge in [0.15, 0.2) is 0 Å². The average Bonchev–Trinajstić information content (AvgIpc) is 3.05. The first-order chi connectivity index (χ1) is 12.1. The van der Waals surface area contributed by atoms with E-state index in [1.807, 2.05) is 0 Å². The fourth-order valence-electron chi connectivity index (χ4n) is 4.06. The van der Waals surface area contributed by atoms with Crippen molar-refractivity contribution in [2.45, 2.75) is 50.1 Å². The molecule has 0 radical (unpaired) electrons. The third-order valence-electron chi connectivity index (χ3n) is 5.21. The first kappa shape index (κ1) is 18.7. The Morgan fingerprint density at radius 1 is 1.42 bits per heavy atom. The van der Waals surface area contributed by atoms with Crippen LogP contribution in [-0.2, 0) is 14.4 Å². The van der Waals surface area contributed by atoms with Crippen LogP contribution < -0.4 is 5.73 Å². The monoisotopic (exact) mass is 382 g/mol. The molecule has 2 fully saturated rings. The van der Waals surface area contributed by atoms with E-state index in [4.69, 9.17) is 11.1 Å². The standard InChI is InChI=1S/C16H22N4O5S/c1-6(21)12-9-4-11(22)20(9)13(16(24)25)14(12)26-8-3-10(15(18)23)19(5-8)7(2)17/h6,8-10,12,17,21H,3-5H2,1-2H3,(H2,18,23)(H,24,25)/t6?,8?,9-,10?,12?/m1/s1. The SMILES string of the molecule is CC(=N)N1CC(SC2=C(C(=O)O)N3C(=O)C[C@@H]3C2C(C)O)CC1C(N)=O. The number of carbonyl (C=O) groups is 3. The quantitative estimate of drug-likeness (QED) is 0.286. The molecule has 10 heteroatoms. The molecule has 3 rings (SSSR count). The maximum absolute atomic E-state index is 11.9. The highest BCUT2D eigenvalue weighted by molar-refractivity contribution is 8.03. The Hall–Kier alpha value is -2.07. The van der Waals surface area contributed by atoms with Crippen LogP contribution in [0.3, 0.4) is 0 Å². The number of aliphatic hydroxyl groups is 1. The number of carbonyl (C=O) groups excluding carboxylic acids is 2. The minimum absolute atomic E-state index is 0.0669. The second-order valence-corrected chi connectivity index (χ2v) is 8.29. The molecule has 3 heterocycles. The highest BCUT2D eigenvalue weighted by atomic mass is 32.2. The van der Waals surface area contributed by atoms with E-state index in [0.717, 1.165) is 0 Å². The van der Waals surface area contributed by atoms with Gasteiger partial charge in [0.1, 0.15) is 11.7 Å². The number of likely N-dealkylation sites (tertiary alicyclic amines) is 1. The summed E-state index contributed by atoms with van der Waals surface area (Å²) in [6.07, 6.45) is -0.196. The van der Waals surface area contributed by atoms with Gasteiger partial charge in [0, 0.05) is 29.0 Å². The van der Waals surface area contributed by atoms with Crippen molar-refractivity contribution in [3.63, 3.8) is 0 Å². The predicted octanol–water partition coefficient (Wildman–Crippen LogP) is -0.447. The van der Waals surface area contributed by atoms with Crippen molar-refractivity contribution in [3.8, 4) is 0 Å². The van der Waals surface area contributed by atoms with Crippen molar-refractivity contribution in [1.82, 2.24) is 9.80 Å². The molecule has 5 atom stereocenters. The molecule has 3 aliphatic rings. The Kier molecular flexibility index (Phi) is 4.74. The van der Waals surface area contributed by atoms with Gasteiger partial charge in [-0.25, -0.2) is 4.79 Å². The Balaban J connectivity index is 1.90. The van der Waals surface area contributed by atoms with Crippen molar-refractivity contribution < 1.29 is 24.6 Å². The number of rotatable bonds is 5. The number of amides is 2. The largest absolute Gasteiger partial charge is 0.477 e. The minimum atomic E-state index is -1.20. The van der Waals surface area contributed by atoms with Gasteiger partial charge >= 0.3 is 5.97 Å². The molecule has 2 amide bonds. The van der Waals surface area contributed by atoms with Crippen LogP contribution in [0.25, 0.3) is 0 Å². The third-order valence-corrected chi connectivity index (χ3v) is 6.61. The maximum atomic E-state index is 11.9. The summed E-state index contributed by atoms with van der Waals surface area (Å²) in [5.74, 6) is -2.21. The zero-order valence-electron chi connectivity index (χ0n) is 14.5. The lowest BCUT2D eigenvalue weighted by atomic mass is 9.89. The van der Waals surface area contributed by atoms with Crippen molar-refractivity contribution in [1.29, 1.82) is 5.41 Å². The van der Waals surface area contributed by atoms with Crippen molar-refractivity contribution >= 4 is 35.4 Å². The second kappa shape index (κ2) is 6.58. The van der Waals surface area contributed by atoms with Crippen molar-refractivity contribution in [2.24, 2.45) is 11.7 Å². The molecule has 0 bridgehead atoms. The van der Waals surface area contributed by atoms with Gasteiger partial charge in [-0.3, -0.25) is 15.0 Å². The van der Waals surface area contributed by atoms with Gasteiger partial charge in [0.25, 0.3) is 0 Å². The van der Waals surface area contributed by atoms with Gasteiger partial charge in [-0.05, 0) is 20.3 Å². The summed E-state index contributed by atoms with van der Waals surface area (Å²) in [5.41, 5.74) is 5.37. The summed E-state index contributed by atoms with van der Waals surface area (Å²) in [4.78, 5) is 38.7. The van der Waals surface area contributed by atoms with E-state index < -0.39 is 29.9 Å². The van der Waals surface area contributed by atoms with Crippen molar-refractivity contribution in [3.05, 3.63) is 10.6 Å². The molecular weight excluding hydrogens is 360 g/mol. The smallest absolute Gasteiger partial charge is 0.353 e. The Labute approximate surface area is 154 Å². The lowest BCUT2D eigenvalue weighted by Gasteiger charge is -2.39. The third kappa shape index (κ3) is 2.86. The van der Waals surface area contributed by atoms with E-state index >= 15 is 0 Å². The molecule has 5 N–H and O–H groups in total. The number of primary amides is 1. The van der Waals surface area contributed by atoms with Gasteiger partial charge in [0.05, 0.1) is 18.0 Å². The summed E-state index contributed by atoms with van der Waals surface area (Å²) < 4.78 is 0. The number of nitrogens with two attached hydrogens (primary N) is 1. The molecule has 9 nitrogen and oxygen atoms in total. The van der Waals surface area contributed by atoms with Crippen LogP contribution in [0, 0.1) is 11.3 Å². The zero-order valence-corrected chi connectivity index (χ0v) is 15.3. The molecule has 0 spiro atoms. The van der Waals surface area contributed by atoms with Crippen LogP contribution in [0.5, 0.6) is 0 Å².